The van der Waals surface area contributed by atoms with Crippen LogP contribution in [-0.4, -0.2) is 52.0 Å². The molecule has 1 saturated heterocycles. The first kappa shape index (κ1) is 28.1. The van der Waals surface area contributed by atoms with E-state index in [4.69, 9.17) is 14.2 Å². The van der Waals surface area contributed by atoms with Gasteiger partial charge in [-0.15, -0.1) is 0 Å². The quantitative estimate of drug-likeness (QED) is 0.221. The molecule has 0 bridgehead atoms. The van der Waals surface area contributed by atoms with Crippen LogP contribution in [-0.2, 0) is 19.5 Å². The van der Waals surface area contributed by atoms with Gasteiger partial charge in [0.1, 0.15) is 39.8 Å². The number of aliphatic imine (C=N–C) groups is 1. The minimum Gasteiger partial charge on any atom is -0.491 e. The van der Waals surface area contributed by atoms with Crippen molar-refractivity contribution < 1.29 is 31.4 Å². The summed E-state index contributed by atoms with van der Waals surface area (Å²) in [5.41, 5.74) is 2.40. The number of fused-ring (bicyclic) bond motifs is 1. The highest BCUT2D eigenvalue weighted by atomic mass is 32.2. The normalized spacial score (nSPS) is 15.8. The summed E-state index contributed by atoms with van der Waals surface area (Å²) in [4.78, 5) is 11.7. The van der Waals surface area contributed by atoms with Crippen molar-refractivity contribution in [1.82, 2.24) is 14.7 Å². The first-order chi connectivity index (χ1) is 18.5. The van der Waals surface area contributed by atoms with Gasteiger partial charge in [0, 0.05) is 22.6 Å². The number of nitrogens with zero attached hydrogens (tertiary/aromatic N) is 3. The fourth-order valence-corrected chi connectivity index (χ4v) is 5.08. The van der Waals surface area contributed by atoms with Gasteiger partial charge in [-0.25, -0.2) is 32.2 Å². The summed E-state index contributed by atoms with van der Waals surface area (Å²) in [5, 5.41) is 0.751. The summed E-state index contributed by atoms with van der Waals surface area (Å²) < 4.78 is 72.7. The molecule has 2 aromatic carbocycles. The third-order valence-corrected chi connectivity index (χ3v) is 7.59. The molecule has 0 radical (unpaired) electrons. The fourth-order valence-electron chi connectivity index (χ4n) is 3.97. The third kappa shape index (κ3) is 6.07. The number of hydrogen-bond acceptors (Lipinski definition) is 8. The number of sulfonamides is 1. The molecule has 12 heteroatoms. The first-order valence-corrected chi connectivity index (χ1v) is 13.3. The highest BCUT2D eigenvalue weighted by molar-refractivity contribution is 7.89. The maximum atomic E-state index is 14.3. The second kappa shape index (κ2) is 11.1. The standard InChI is InChI=1S/C27H28F2N4O5S/c1-16(8-22(26(30-4)36-5)33-39(34,35)24-7-6-19(28)11-21(24)29)18-9-20-17(2)31-15-32-25(20)23(10-18)38-14-27(3)12-37-13-27/h6-11,15,33H,4,12-14H2,1-3,5H3/b16-8+,26-22-. The molecule has 1 aliphatic heterocycles. The molecule has 3 aromatic rings. The van der Waals surface area contributed by atoms with E-state index in [9.17, 15) is 17.2 Å². The molecule has 206 valence electrons. The Hall–Kier alpha value is -3.90. The maximum Gasteiger partial charge on any atom is 0.264 e. The lowest BCUT2D eigenvalue weighted by molar-refractivity contribution is -0.120. The van der Waals surface area contributed by atoms with Gasteiger partial charge in [0.05, 0.1) is 26.9 Å². The highest BCUT2D eigenvalue weighted by Crippen LogP contribution is 2.34. The number of ether oxygens (including phenoxy) is 3. The number of nitrogens with one attached hydrogen (secondary N) is 1. The summed E-state index contributed by atoms with van der Waals surface area (Å²) in [5.74, 6) is -1.78. The molecule has 39 heavy (non-hydrogen) atoms. The highest BCUT2D eigenvalue weighted by Gasteiger charge is 2.34. The van der Waals surface area contributed by atoms with Crippen molar-refractivity contribution in [3.05, 3.63) is 77.2 Å². The van der Waals surface area contributed by atoms with Crippen molar-refractivity contribution in [1.29, 1.82) is 0 Å². The Morgan fingerprint density at radius 2 is 2.00 bits per heavy atom. The number of aromatic nitrogens is 2. The monoisotopic (exact) mass is 558 g/mol. The predicted molar refractivity (Wildman–Crippen MR) is 143 cm³/mol. The Bertz CT molecular complexity index is 1600. The number of methoxy groups -OCH3 is 1. The number of rotatable bonds is 10. The van der Waals surface area contributed by atoms with Gasteiger partial charge < -0.3 is 14.2 Å². The van der Waals surface area contributed by atoms with Gasteiger partial charge in [0.15, 0.2) is 0 Å². The lowest BCUT2D eigenvalue weighted by atomic mass is 9.90. The van der Waals surface area contributed by atoms with Gasteiger partial charge in [0.25, 0.3) is 10.0 Å². The molecule has 1 aromatic heterocycles. The molecule has 9 nitrogen and oxygen atoms in total. The van der Waals surface area contributed by atoms with Gasteiger partial charge in [0.2, 0.25) is 5.88 Å². The summed E-state index contributed by atoms with van der Waals surface area (Å²) in [6.07, 6.45) is 2.93. The summed E-state index contributed by atoms with van der Waals surface area (Å²) in [6.45, 7) is 10.7. The second-order valence-corrected chi connectivity index (χ2v) is 11.2. The molecule has 1 aliphatic rings. The predicted octanol–water partition coefficient (Wildman–Crippen LogP) is 4.53. The zero-order chi connectivity index (χ0) is 28.4. The van der Waals surface area contributed by atoms with Gasteiger partial charge >= 0.3 is 0 Å². The minimum absolute atomic E-state index is 0.109. The van der Waals surface area contributed by atoms with Crippen LogP contribution >= 0.6 is 0 Å². The van der Waals surface area contributed by atoms with Crippen LogP contribution in [0.3, 0.4) is 0 Å². The van der Waals surface area contributed by atoms with E-state index in [-0.39, 0.29) is 17.0 Å². The number of halogens is 2. The van der Waals surface area contributed by atoms with Crippen LogP contribution in [0.4, 0.5) is 8.78 Å². The lowest BCUT2D eigenvalue weighted by Crippen LogP contribution is -2.44. The van der Waals surface area contributed by atoms with E-state index in [1.165, 1.54) is 19.5 Å². The number of allylic oxidation sites excluding steroid dienone is 2. The van der Waals surface area contributed by atoms with Crippen molar-refractivity contribution in [2.45, 2.75) is 25.7 Å². The van der Waals surface area contributed by atoms with Crippen molar-refractivity contribution in [2.24, 2.45) is 10.4 Å². The van der Waals surface area contributed by atoms with Gasteiger partial charge in [-0.05, 0) is 62.0 Å². The molecule has 0 aliphatic carbocycles. The number of aryl methyl sites for hydroxylation is 1. The van der Waals surface area contributed by atoms with E-state index < -0.39 is 26.6 Å². The van der Waals surface area contributed by atoms with Gasteiger partial charge in [-0.2, -0.15) is 0 Å². The van der Waals surface area contributed by atoms with Crippen molar-refractivity contribution in [2.75, 3.05) is 26.9 Å². The average Bonchev–Trinajstić information content (AvgIpc) is 2.86. The van der Waals surface area contributed by atoms with Crippen molar-refractivity contribution in [3.63, 3.8) is 0 Å². The third-order valence-electron chi connectivity index (χ3n) is 6.19. The maximum absolute atomic E-state index is 14.3. The van der Waals surface area contributed by atoms with Crippen LogP contribution in [0.2, 0.25) is 0 Å². The van der Waals surface area contributed by atoms with Crippen LogP contribution in [0.25, 0.3) is 16.5 Å². The molecule has 0 spiro atoms. The van der Waals surface area contributed by atoms with Crippen LogP contribution in [0.1, 0.15) is 25.1 Å². The Morgan fingerprint density at radius 3 is 2.62 bits per heavy atom. The average molecular weight is 559 g/mol. The van der Waals surface area contributed by atoms with E-state index in [1.807, 2.05) is 13.0 Å². The van der Waals surface area contributed by atoms with E-state index >= 15 is 0 Å². The molecule has 0 atom stereocenters. The molecule has 0 saturated carbocycles. The topological polar surface area (TPSA) is 112 Å². The van der Waals surface area contributed by atoms with E-state index in [0.29, 0.717) is 48.3 Å². The molecular weight excluding hydrogens is 530 g/mol. The molecular formula is C27H28F2N4O5S. The van der Waals surface area contributed by atoms with Crippen LogP contribution in [0.5, 0.6) is 5.75 Å². The molecule has 4 rings (SSSR count). The van der Waals surface area contributed by atoms with E-state index in [1.54, 1.807) is 13.0 Å². The zero-order valence-corrected chi connectivity index (χ0v) is 22.7. The SMILES string of the molecule is C=N/C(OC)=C(\C=C(/C)c1cc(OCC2(C)COC2)c2ncnc(C)c2c1)NS(=O)(=O)c1ccc(F)cc1F. The summed E-state index contributed by atoms with van der Waals surface area (Å²) in [6, 6.07) is 5.82. The first-order valence-electron chi connectivity index (χ1n) is 11.8. The largest absolute Gasteiger partial charge is 0.491 e. The Morgan fingerprint density at radius 1 is 1.26 bits per heavy atom. The van der Waals surface area contributed by atoms with E-state index in [2.05, 4.69) is 33.3 Å². The van der Waals surface area contributed by atoms with Gasteiger partial charge in [-0.1, -0.05) is 6.92 Å². The molecule has 2 heterocycles. The molecule has 0 amide bonds. The van der Waals surface area contributed by atoms with Crippen molar-refractivity contribution >= 4 is 33.2 Å². The zero-order valence-electron chi connectivity index (χ0n) is 21.9. The van der Waals surface area contributed by atoms with E-state index in [0.717, 1.165) is 23.2 Å². The molecule has 1 N–H and O–H groups in total. The second-order valence-electron chi connectivity index (χ2n) is 9.51. The molecule has 1 fully saturated rings. The minimum atomic E-state index is -4.49. The Balaban J connectivity index is 1.77. The number of benzene rings is 2. The van der Waals surface area contributed by atoms with Crippen LogP contribution in [0.15, 0.2) is 64.2 Å². The fraction of sp³-hybridized carbons (Fsp3) is 0.296. The Labute approximate surface area is 225 Å². The van der Waals surface area contributed by atoms with Crippen LogP contribution < -0.4 is 9.46 Å². The summed E-state index contributed by atoms with van der Waals surface area (Å²) in [7, 11) is -3.20. The smallest absolute Gasteiger partial charge is 0.264 e. The summed E-state index contributed by atoms with van der Waals surface area (Å²) >= 11 is 0. The Kier molecular flexibility index (Phi) is 7.98. The number of hydrogen-bond donors (Lipinski definition) is 1. The van der Waals surface area contributed by atoms with Crippen LogP contribution in [0, 0.1) is 24.0 Å². The molecule has 0 unspecified atom stereocenters. The van der Waals surface area contributed by atoms with Gasteiger partial charge in [-0.3, -0.25) is 4.72 Å². The lowest BCUT2D eigenvalue weighted by Gasteiger charge is -2.37. The van der Waals surface area contributed by atoms with Crippen molar-refractivity contribution in [3.8, 4) is 5.75 Å².